The number of alkyl halides is 3. The summed E-state index contributed by atoms with van der Waals surface area (Å²) in [5.41, 5.74) is 3.09. The Morgan fingerprint density at radius 2 is 1.65 bits per heavy atom. The fraction of sp³-hybridized carbons (Fsp3) is 0.231. The quantitative estimate of drug-likeness (QED) is 0.0549. The number of halogens is 3. The zero-order valence-corrected chi connectivity index (χ0v) is 36.9. The fourth-order valence-corrected chi connectivity index (χ4v) is 9.00. The van der Waals surface area contributed by atoms with Crippen LogP contribution in [0.1, 0.15) is 70.4 Å². The molecule has 0 spiro atoms. The first kappa shape index (κ1) is 45.9. The van der Waals surface area contributed by atoms with Gasteiger partial charge in [-0.1, -0.05) is 36.8 Å². The van der Waals surface area contributed by atoms with E-state index in [9.17, 15) is 47.4 Å². The van der Waals surface area contributed by atoms with Crippen LogP contribution in [0.2, 0.25) is 0 Å². The van der Waals surface area contributed by atoms with E-state index in [1.165, 1.54) is 42.5 Å². The van der Waals surface area contributed by atoms with Crippen molar-refractivity contribution in [1.82, 2.24) is 15.6 Å². The van der Waals surface area contributed by atoms with Crippen LogP contribution in [0.5, 0.6) is 5.75 Å². The molecule has 69 heavy (non-hydrogen) atoms. The number of hydrogen-bond acceptors (Lipinski definition) is 9. The zero-order chi connectivity index (χ0) is 48.4. The molecule has 1 unspecified atom stereocenters. The smallest absolute Gasteiger partial charge is 0.416 e. The number of anilines is 3. The van der Waals surface area contributed by atoms with Gasteiger partial charge in [-0.3, -0.25) is 19.3 Å². The minimum atomic E-state index is -4.51. The van der Waals surface area contributed by atoms with Crippen LogP contribution >= 0.6 is 0 Å². The number of rotatable bonds is 13. The lowest BCUT2D eigenvalue weighted by Gasteiger charge is -2.45. The SMILES string of the molecule is O=C(CCCCCNC(=O)c1ccc(-c2c3ccc(=O)cc-3oc3cc(O)ccc23)c(C(=O)O)c1)NCc1ccc(NC(=O)N2c3nc(-c4cccc(C(F)(F)F)c4)ccc3N3CCCC2C3)cc1. The predicted octanol–water partition coefficient (Wildman–Crippen LogP) is 9.68. The molecule has 0 radical (unpaired) electrons. The van der Waals surface area contributed by atoms with Crippen molar-refractivity contribution in [3.05, 3.63) is 148 Å². The molecular formula is C52H45F3N6O8. The maximum atomic E-state index is 13.9. The standard InChI is InChI=1S/C52H45F3N6O8/c53-52(54,55)33-7-4-6-31(24-33)42-20-21-43-48(59-42)61(35-8-5-23-60(43)29-35)51(68)58-34-13-10-30(11-14-34)28-57-46(64)9-2-1-3-22-56-49(65)32-12-17-38(41(25-32)50(66)67)47-39-18-15-36(62)26-44(39)69-45-27-37(63)16-19-40(45)47/h4,6-7,10-21,24-27,35,62H,1-3,5,8-9,22-23,28-29H2,(H,56,65)(H,57,64)(H,58,68)(H,66,67). The number of aromatic hydroxyl groups is 1. The normalized spacial score (nSPS) is 14.3. The summed E-state index contributed by atoms with van der Waals surface area (Å²) < 4.78 is 46.4. The molecule has 9 rings (SSSR count). The van der Waals surface area contributed by atoms with Crippen LogP contribution in [0.15, 0.2) is 124 Å². The van der Waals surface area contributed by atoms with E-state index in [-0.39, 0.29) is 58.6 Å². The molecule has 4 aromatic carbocycles. The monoisotopic (exact) mass is 938 g/mol. The second-order valence-electron chi connectivity index (χ2n) is 17.1. The number of amides is 4. The second kappa shape index (κ2) is 19.2. The zero-order valence-electron chi connectivity index (χ0n) is 36.9. The van der Waals surface area contributed by atoms with Crippen molar-refractivity contribution in [2.24, 2.45) is 0 Å². The van der Waals surface area contributed by atoms with Crippen molar-refractivity contribution >= 4 is 52.0 Å². The van der Waals surface area contributed by atoms with Crippen LogP contribution in [-0.4, -0.2) is 64.7 Å². The first-order valence-corrected chi connectivity index (χ1v) is 22.4. The Hall–Kier alpha value is -8.21. The Morgan fingerprint density at radius 3 is 2.45 bits per heavy atom. The van der Waals surface area contributed by atoms with E-state index in [0.29, 0.717) is 77.2 Å². The van der Waals surface area contributed by atoms with Gasteiger partial charge in [0.15, 0.2) is 11.2 Å². The molecule has 1 atom stereocenters. The van der Waals surface area contributed by atoms with Gasteiger partial charge in [0.05, 0.1) is 28.6 Å². The van der Waals surface area contributed by atoms with E-state index in [0.717, 1.165) is 42.8 Å². The highest BCUT2D eigenvalue weighted by Crippen LogP contribution is 2.43. The van der Waals surface area contributed by atoms with Crippen LogP contribution in [0, 0.1) is 0 Å². The highest BCUT2D eigenvalue weighted by Gasteiger charge is 2.39. The number of fused-ring (bicyclic) bond motifs is 6. The summed E-state index contributed by atoms with van der Waals surface area (Å²) in [6.45, 7) is 1.95. The Balaban J connectivity index is 0.749. The molecule has 3 aliphatic heterocycles. The molecule has 4 heterocycles. The number of nitrogens with zero attached hydrogens (tertiary/aromatic N) is 3. The fourth-order valence-electron chi connectivity index (χ4n) is 9.00. The van der Waals surface area contributed by atoms with Gasteiger partial charge in [-0.15, -0.1) is 0 Å². The van der Waals surface area contributed by atoms with Crippen LogP contribution in [0.4, 0.5) is 35.2 Å². The number of phenolic OH excluding ortho intramolecular Hbond substituents is 1. The maximum Gasteiger partial charge on any atom is 0.416 e. The van der Waals surface area contributed by atoms with Gasteiger partial charge in [-0.2, -0.15) is 13.2 Å². The molecule has 5 N–H and O–H groups in total. The largest absolute Gasteiger partial charge is 0.508 e. The van der Waals surface area contributed by atoms with E-state index in [4.69, 9.17) is 9.40 Å². The van der Waals surface area contributed by atoms with Crippen molar-refractivity contribution < 1.29 is 47.0 Å². The first-order chi connectivity index (χ1) is 33.2. The summed E-state index contributed by atoms with van der Waals surface area (Å²) in [5.74, 6) is -1.36. The third-order valence-electron chi connectivity index (χ3n) is 12.4. The van der Waals surface area contributed by atoms with Crippen molar-refractivity contribution in [2.75, 3.05) is 34.8 Å². The number of aromatic nitrogens is 1. The van der Waals surface area contributed by atoms with Gasteiger partial charge in [0.1, 0.15) is 17.1 Å². The average Bonchev–Trinajstić information content (AvgIpc) is 3.33. The van der Waals surface area contributed by atoms with Gasteiger partial charge < -0.3 is 35.5 Å². The Morgan fingerprint density at radius 1 is 0.841 bits per heavy atom. The van der Waals surface area contributed by atoms with E-state index in [2.05, 4.69) is 20.9 Å². The molecule has 5 aromatic rings. The highest BCUT2D eigenvalue weighted by molar-refractivity contribution is 6.09. The van der Waals surface area contributed by atoms with Gasteiger partial charge in [0.25, 0.3) is 5.91 Å². The van der Waals surface area contributed by atoms with Gasteiger partial charge >= 0.3 is 18.2 Å². The number of urea groups is 1. The molecule has 0 saturated carbocycles. The number of piperidine rings is 1. The van der Waals surface area contributed by atoms with E-state index < -0.39 is 29.6 Å². The van der Waals surface area contributed by atoms with Gasteiger partial charge in [-0.25, -0.2) is 14.6 Å². The van der Waals surface area contributed by atoms with Crippen molar-refractivity contribution in [1.29, 1.82) is 0 Å². The molecule has 4 amide bonds. The number of hydrogen-bond donors (Lipinski definition) is 5. The van der Waals surface area contributed by atoms with Crippen molar-refractivity contribution in [3.8, 4) is 39.5 Å². The summed E-state index contributed by atoms with van der Waals surface area (Å²) in [7, 11) is 0. The second-order valence-corrected chi connectivity index (χ2v) is 17.1. The van der Waals surface area contributed by atoms with E-state index in [1.807, 2.05) is 6.07 Å². The number of pyridine rings is 1. The molecule has 352 valence electrons. The highest BCUT2D eigenvalue weighted by atomic mass is 19.4. The molecule has 1 fully saturated rings. The third-order valence-corrected chi connectivity index (χ3v) is 12.4. The minimum absolute atomic E-state index is 0.0730. The van der Waals surface area contributed by atoms with Gasteiger partial charge in [0, 0.05) is 78.1 Å². The number of unbranched alkanes of at least 4 members (excludes halogenated alkanes) is 2. The van der Waals surface area contributed by atoms with Crippen LogP contribution < -0.4 is 31.2 Å². The summed E-state index contributed by atoms with van der Waals surface area (Å²) in [5, 5.41) is 29.5. The summed E-state index contributed by atoms with van der Waals surface area (Å²) in [4.78, 5) is 73.0. The summed E-state index contributed by atoms with van der Waals surface area (Å²) in [6, 6.07) is 27.9. The molecule has 1 aliphatic carbocycles. The molecule has 17 heteroatoms. The number of carboxylic acids is 1. The minimum Gasteiger partial charge on any atom is -0.508 e. The number of benzene rings is 5. The Kier molecular flexibility index (Phi) is 12.8. The van der Waals surface area contributed by atoms with Crippen molar-refractivity contribution in [3.63, 3.8) is 0 Å². The van der Waals surface area contributed by atoms with E-state index >= 15 is 0 Å². The van der Waals surface area contributed by atoms with Crippen LogP contribution in [-0.2, 0) is 17.5 Å². The number of phenols is 1. The first-order valence-electron chi connectivity index (χ1n) is 22.4. The Bertz CT molecular complexity index is 3160. The predicted molar refractivity (Wildman–Crippen MR) is 254 cm³/mol. The number of carboxylic acid groups (broad SMARTS) is 1. The lowest BCUT2D eigenvalue weighted by Crippen LogP contribution is -2.56. The summed E-state index contributed by atoms with van der Waals surface area (Å²) in [6.07, 6.45) is -0.860. The molecule has 1 aromatic heterocycles. The number of nitrogens with one attached hydrogen (secondary N) is 3. The Labute approximate surface area is 392 Å². The number of carbonyl (C=O) groups excluding carboxylic acids is 3. The molecular weight excluding hydrogens is 894 g/mol. The van der Waals surface area contributed by atoms with Crippen molar-refractivity contribution in [2.45, 2.75) is 57.3 Å². The molecule has 1 saturated heterocycles. The lowest BCUT2D eigenvalue weighted by atomic mass is 9.90. The van der Waals surface area contributed by atoms with Gasteiger partial charge in [0.2, 0.25) is 5.91 Å². The number of carbonyl (C=O) groups is 4. The van der Waals surface area contributed by atoms with Gasteiger partial charge in [-0.05, 0) is 110 Å². The van der Waals surface area contributed by atoms with Crippen LogP contribution in [0.3, 0.4) is 0 Å². The maximum absolute atomic E-state index is 13.9. The number of aromatic carboxylic acids is 1. The molecule has 14 nitrogen and oxygen atoms in total. The topological polar surface area (TPSA) is 194 Å². The lowest BCUT2D eigenvalue weighted by molar-refractivity contribution is -0.137. The van der Waals surface area contributed by atoms with E-state index in [1.54, 1.807) is 59.5 Å². The summed E-state index contributed by atoms with van der Waals surface area (Å²) >= 11 is 0. The third kappa shape index (κ3) is 9.93. The average molecular weight is 939 g/mol. The molecule has 2 bridgehead atoms. The van der Waals surface area contributed by atoms with Crippen LogP contribution in [0.25, 0.3) is 44.7 Å². The molecule has 4 aliphatic rings.